The monoisotopic (exact) mass is 386 g/mol. The van der Waals surface area contributed by atoms with Crippen molar-refractivity contribution in [1.82, 2.24) is 4.90 Å². The summed E-state index contributed by atoms with van der Waals surface area (Å²) in [7, 11) is 1.59. The van der Waals surface area contributed by atoms with Crippen LogP contribution in [0.5, 0.6) is 5.75 Å². The van der Waals surface area contributed by atoms with Gasteiger partial charge in [-0.05, 0) is 50.2 Å². The molecule has 134 valence electrons. The molecule has 0 radical (unpaired) electrons. The van der Waals surface area contributed by atoms with Crippen molar-refractivity contribution in [3.05, 3.63) is 70.6 Å². The minimum atomic E-state index is -0.568. The number of halogens is 1. The Bertz CT molecular complexity index is 891. The standard InChI is InChI=1S/C20H19ClN2O2S/c1-13-20(2,3)23(18(24)14-9-11-15(25-4)12-10-14)19(26-13)22-17-8-6-5-7-16(17)21/h5-12H,1H2,2-4H3. The number of thioether (sulfide) groups is 1. The van der Waals surface area contributed by atoms with Gasteiger partial charge in [-0.1, -0.05) is 42.1 Å². The molecule has 0 spiro atoms. The van der Waals surface area contributed by atoms with Gasteiger partial charge in [0.25, 0.3) is 5.91 Å². The second-order valence-electron chi connectivity index (χ2n) is 6.30. The highest BCUT2D eigenvalue weighted by Crippen LogP contribution is 2.44. The van der Waals surface area contributed by atoms with Crippen molar-refractivity contribution in [2.75, 3.05) is 7.11 Å². The van der Waals surface area contributed by atoms with Crippen LogP contribution in [-0.2, 0) is 0 Å². The quantitative estimate of drug-likeness (QED) is 0.697. The molecular weight excluding hydrogens is 368 g/mol. The molecule has 6 heteroatoms. The first-order chi connectivity index (χ1) is 12.3. The normalized spacial score (nSPS) is 17.6. The second kappa shape index (κ2) is 7.17. The Morgan fingerprint density at radius 2 is 1.85 bits per heavy atom. The van der Waals surface area contributed by atoms with Gasteiger partial charge < -0.3 is 4.74 Å². The number of carbonyl (C=O) groups excluding carboxylic acids is 1. The molecular formula is C20H19ClN2O2S. The lowest BCUT2D eigenvalue weighted by molar-refractivity contribution is 0.0781. The molecule has 0 aliphatic carbocycles. The van der Waals surface area contributed by atoms with Crippen molar-refractivity contribution >= 4 is 40.1 Å². The van der Waals surface area contributed by atoms with Crippen LogP contribution in [0, 0.1) is 0 Å². The van der Waals surface area contributed by atoms with Crippen LogP contribution in [0.1, 0.15) is 24.2 Å². The lowest BCUT2D eigenvalue weighted by Gasteiger charge is -2.31. The smallest absolute Gasteiger partial charge is 0.260 e. The Balaban J connectivity index is 2.03. The van der Waals surface area contributed by atoms with Crippen LogP contribution in [-0.4, -0.2) is 28.6 Å². The Morgan fingerprint density at radius 3 is 2.46 bits per heavy atom. The van der Waals surface area contributed by atoms with Gasteiger partial charge in [-0.15, -0.1) is 0 Å². The molecule has 1 fully saturated rings. The molecule has 1 aliphatic rings. The fraction of sp³-hybridized carbons (Fsp3) is 0.200. The average Bonchev–Trinajstić information content (AvgIpc) is 2.85. The molecule has 3 rings (SSSR count). The highest BCUT2D eigenvalue weighted by atomic mass is 35.5. The molecule has 0 atom stereocenters. The Hall–Kier alpha value is -2.24. The molecule has 0 bridgehead atoms. The third kappa shape index (κ3) is 3.37. The van der Waals surface area contributed by atoms with Crippen molar-refractivity contribution in [2.24, 2.45) is 4.99 Å². The van der Waals surface area contributed by atoms with E-state index in [0.29, 0.717) is 27.2 Å². The summed E-state index contributed by atoms with van der Waals surface area (Å²) >= 11 is 7.62. The molecule has 1 aliphatic heterocycles. The molecule has 2 aromatic carbocycles. The highest BCUT2D eigenvalue weighted by molar-refractivity contribution is 8.17. The summed E-state index contributed by atoms with van der Waals surface area (Å²) in [4.78, 5) is 20.4. The van der Waals surface area contributed by atoms with E-state index < -0.39 is 5.54 Å². The number of nitrogens with zero attached hydrogens (tertiary/aromatic N) is 2. The number of amidine groups is 1. The van der Waals surface area contributed by atoms with Crippen LogP contribution in [0.25, 0.3) is 0 Å². The largest absolute Gasteiger partial charge is 0.497 e. The molecule has 26 heavy (non-hydrogen) atoms. The van der Waals surface area contributed by atoms with Gasteiger partial charge in [-0.2, -0.15) is 0 Å². The van der Waals surface area contributed by atoms with Gasteiger partial charge >= 0.3 is 0 Å². The van der Waals surface area contributed by atoms with Crippen molar-refractivity contribution in [2.45, 2.75) is 19.4 Å². The highest BCUT2D eigenvalue weighted by Gasteiger charge is 2.44. The summed E-state index contributed by atoms with van der Waals surface area (Å²) < 4.78 is 5.16. The minimum absolute atomic E-state index is 0.144. The summed E-state index contributed by atoms with van der Waals surface area (Å²) in [5.41, 5.74) is 0.609. The van der Waals surface area contributed by atoms with Crippen LogP contribution < -0.4 is 4.74 Å². The Kier molecular flexibility index (Phi) is 5.12. The zero-order chi connectivity index (χ0) is 18.9. The SMILES string of the molecule is C=C1SC(=Nc2ccccc2Cl)N(C(=O)c2ccc(OC)cc2)C1(C)C. The first-order valence-corrected chi connectivity index (χ1v) is 9.23. The molecule has 0 saturated carbocycles. The maximum absolute atomic E-state index is 13.2. The number of methoxy groups -OCH3 is 1. The number of hydrogen-bond acceptors (Lipinski definition) is 4. The first kappa shape index (κ1) is 18.5. The van der Waals surface area contributed by atoms with Crippen LogP contribution in [0.15, 0.2) is 65.0 Å². The van der Waals surface area contributed by atoms with Gasteiger partial charge in [0.05, 0.1) is 23.4 Å². The van der Waals surface area contributed by atoms with Crippen LogP contribution in [0.2, 0.25) is 5.02 Å². The molecule has 0 aromatic heterocycles. The van der Waals surface area contributed by atoms with Gasteiger partial charge in [0.15, 0.2) is 5.17 Å². The third-order valence-corrected chi connectivity index (χ3v) is 5.78. The summed E-state index contributed by atoms with van der Waals surface area (Å²) in [6, 6.07) is 14.3. The summed E-state index contributed by atoms with van der Waals surface area (Å²) in [6.07, 6.45) is 0. The Labute approximate surface area is 162 Å². The van der Waals surface area contributed by atoms with E-state index in [-0.39, 0.29) is 5.91 Å². The fourth-order valence-electron chi connectivity index (χ4n) is 2.57. The molecule has 4 nitrogen and oxygen atoms in total. The molecule has 1 amide bonds. The van der Waals surface area contributed by atoms with E-state index in [0.717, 1.165) is 4.91 Å². The molecule has 1 heterocycles. The van der Waals surface area contributed by atoms with E-state index in [2.05, 4.69) is 11.6 Å². The van der Waals surface area contributed by atoms with Crippen molar-refractivity contribution < 1.29 is 9.53 Å². The molecule has 0 unspecified atom stereocenters. The molecule has 2 aromatic rings. The van der Waals surface area contributed by atoms with Crippen LogP contribution in [0.3, 0.4) is 0 Å². The number of hydrogen-bond donors (Lipinski definition) is 0. The van der Waals surface area contributed by atoms with Crippen LogP contribution in [0.4, 0.5) is 5.69 Å². The van der Waals surface area contributed by atoms with Gasteiger partial charge in [0, 0.05) is 10.5 Å². The van der Waals surface area contributed by atoms with E-state index in [4.69, 9.17) is 16.3 Å². The topological polar surface area (TPSA) is 41.9 Å². The summed E-state index contributed by atoms with van der Waals surface area (Å²) in [5, 5.41) is 1.10. The zero-order valence-electron chi connectivity index (χ0n) is 14.8. The molecule has 0 N–H and O–H groups in total. The van der Waals surface area contributed by atoms with Gasteiger partial charge in [-0.3, -0.25) is 9.69 Å². The number of para-hydroxylation sites is 1. The van der Waals surface area contributed by atoms with Crippen LogP contribution >= 0.6 is 23.4 Å². The van der Waals surface area contributed by atoms with Gasteiger partial charge in [0.1, 0.15) is 5.75 Å². The number of ether oxygens (including phenoxy) is 1. The summed E-state index contributed by atoms with van der Waals surface area (Å²) in [6.45, 7) is 8.02. The molecule has 1 saturated heterocycles. The number of benzene rings is 2. The van der Waals surface area contributed by atoms with Crippen molar-refractivity contribution in [3.8, 4) is 5.75 Å². The van der Waals surface area contributed by atoms with Gasteiger partial charge in [-0.25, -0.2) is 4.99 Å². The van der Waals surface area contributed by atoms with E-state index in [1.807, 2.05) is 32.0 Å². The predicted octanol–water partition coefficient (Wildman–Crippen LogP) is 5.52. The first-order valence-electron chi connectivity index (χ1n) is 8.03. The van der Waals surface area contributed by atoms with E-state index in [1.165, 1.54) is 11.8 Å². The lowest BCUT2D eigenvalue weighted by atomic mass is 10.0. The number of carbonyl (C=O) groups is 1. The fourth-order valence-corrected chi connectivity index (χ4v) is 3.85. The zero-order valence-corrected chi connectivity index (χ0v) is 16.4. The predicted molar refractivity (Wildman–Crippen MR) is 109 cm³/mol. The van der Waals surface area contributed by atoms with E-state index in [9.17, 15) is 4.79 Å². The lowest BCUT2D eigenvalue weighted by Crippen LogP contribution is -2.45. The van der Waals surface area contributed by atoms with Gasteiger partial charge in [0.2, 0.25) is 0 Å². The van der Waals surface area contributed by atoms with E-state index in [1.54, 1.807) is 42.3 Å². The number of aliphatic imine (C=N–C) groups is 1. The summed E-state index contributed by atoms with van der Waals surface area (Å²) in [5.74, 6) is 0.556. The second-order valence-corrected chi connectivity index (χ2v) is 7.77. The number of rotatable bonds is 3. The van der Waals surface area contributed by atoms with Crippen molar-refractivity contribution in [1.29, 1.82) is 0 Å². The van der Waals surface area contributed by atoms with E-state index >= 15 is 0 Å². The minimum Gasteiger partial charge on any atom is -0.497 e. The third-order valence-electron chi connectivity index (χ3n) is 4.26. The van der Waals surface area contributed by atoms with Crippen molar-refractivity contribution in [3.63, 3.8) is 0 Å². The maximum atomic E-state index is 13.2. The number of amides is 1. The maximum Gasteiger partial charge on any atom is 0.260 e. The average molecular weight is 387 g/mol. The Morgan fingerprint density at radius 1 is 1.19 bits per heavy atom.